The van der Waals surface area contributed by atoms with E-state index in [1.807, 2.05) is 4.90 Å². The number of ether oxygens (including phenoxy) is 1. The van der Waals surface area contributed by atoms with Gasteiger partial charge >= 0.3 is 0 Å². The average molecular weight is 253 g/mol. The molecule has 1 aliphatic carbocycles. The quantitative estimate of drug-likeness (QED) is 0.731. The van der Waals surface area contributed by atoms with E-state index >= 15 is 0 Å². The Kier molecular flexibility index (Phi) is 3.08. The number of rotatable bonds is 2. The van der Waals surface area contributed by atoms with Crippen molar-refractivity contribution in [3.63, 3.8) is 0 Å². The first-order valence-corrected chi connectivity index (χ1v) is 7.00. The number of hydrogen-bond donors (Lipinski definition) is 1. The topological polar surface area (TPSA) is 58.8 Å². The maximum atomic E-state index is 12.3. The van der Waals surface area contributed by atoms with Gasteiger partial charge in [-0.05, 0) is 18.8 Å². The molecule has 0 aromatic carbocycles. The standard InChI is InChI=1S/C13H23N3O2/c1-10-8-16(12(17)13(14)2-3-13)9-11(10)15-4-6-18-7-5-15/h10-11H,2-9,14H2,1H3. The second kappa shape index (κ2) is 4.47. The zero-order chi connectivity index (χ0) is 12.8. The van der Waals surface area contributed by atoms with E-state index in [0.29, 0.717) is 12.0 Å². The minimum Gasteiger partial charge on any atom is -0.379 e. The van der Waals surface area contributed by atoms with Gasteiger partial charge in [0.2, 0.25) is 5.91 Å². The van der Waals surface area contributed by atoms with Crippen LogP contribution >= 0.6 is 0 Å². The van der Waals surface area contributed by atoms with E-state index in [1.54, 1.807) is 0 Å². The number of amides is 1. The molecule has 2 heterocycles. The lowest BCUT2D eigenvalue weighted by molar-refractivity contribution is -0.132. The summed E-state index contributed by atoms with van der Waals surface area (Å²) in [5.41, 5.74) is 5.50. The number of morpholine rings is 1. The van der Waals surface area contributed by atoms with E-state index in [2.05, 4.69) is 11.8 Å². The number of nitrogens with two attached hydrogens (primary N) is 1. The second-order valence-electron chi connectivity index (χ2n) is 6.06. The van der Waals surface area contributed by atoms with Gasteiger partial charge in [-0.2, -0.15) is 0 Å². The van der Waals surface area contributed by atoms with Gasteiger partial charge in [-0.25, -0.2) is 0 Å². The monoisotopic (exact) mass is 253 g/mol. The summed E-state index contributed by atoms with van der Waals surface area (Å²) in [5.74, 6) is 0.708. The molecule has 0 spiro atoms. The fourth-order valence-corrected chi connectivity index (χ4v) is 3.16. The number of likely N-dealkylation sites (tertiary alicyclic amines) is 1. The Balaban J connectivity index is 1.62. The zero-order valence-corrected chi connectivity index (χ0v) is 11.1. The summed E-state index contributed by atoms with van der Waals surface area (Å²) in [4.78, 5) is 16.7. The lowest BCUT2D eigenvalue weighted by atomic mass is 10.0. The minimum absolute atomic E-state index is 0.171. The van der Waals surface area contributed by atoms with Gasteiger partial charge in [0.15, 0.2) is 0 Å². The van der Waals surface area contributed by atoms with E-state index < -0.39 is 5.54 Å². The molecule has 3 aliphatic rings. The van der Waals surface area contributed by atoms with E-state index in [9.17, 15) is 4.79 Å². The molecule has 3 rings (SSSR count). The molecule has 2 unspecified atom stereocenters. The Morgan fingerprint density at radius 1 is 1.28 bits per heavy atom. The molecule has 102 valence electrons. The van der Waals surface area contributed by atoms with Crippen LogP contribution in [0.5, 0.6) is 0 Å². The summed E-state index contributed by atoms with van der Waals surface area (Å²) in [6.07, 6.45) is 1.72. The van der Waals surface area contributed by atoms with Crippen LogP contribution in [0.3, 0.4) is 0 Å². The molecule has 2 aliphatic heterocycles. The Morgan fingerprint density at radius 3 is 2.56 bits per heavy atom. The van der Waals surface area contributed by atoms with Crippen LogP contribution in [-0.2, 0) is 9.53 Å². The fraction of sp³-hybridized carbons (Fsp3) is 0.923. The van der Waals surface area contributed by atoms with Crippen molar-refractivity contribution >= 4 is 5.91 Å². The largest absolute Gasteiger partial charge is 0.379 e. The van der Waals surface area contributed by atoms with Crippen LogP contribution in [0.25, 0.3) is 0 Å². The van der Waals surface area contributed by atoms with Crippen molar-refractivity contribution in [3.05, 3.63) is 0 Å². The average Bonchev–Trinajstić information content (AvgIpc) is 3.01. The zero-order valence-electron chi connectivity index (χ0n) is 11.1. The van der Waals surface area contributed by atoms with Gasteiger partial charge in [0, 0.05) is 32.2 Å². The predicted octanol–water partition coefficient (Wildman–Crippen LogP) is -0.343. The third kappa shape index (κ3) is 2.15. The van der Waals surface area contributed by atoms with Gasteiger partial charge in [-0.1, -0.05) is 6.92 Å². The number of carbonyl (C=O) groups is 1. The van der Waals surface area contributed by atoms with Crippen LogP contribution in [0, 0.1) is 5.92 Å². The lowest BCUT2D eigenvalue weighted by Gasteiger charge is -2.34. The van der Waals surface area contributed by atoms with E-state index in [1.165, 1.54) is 0 Å². The van der Waals surface area contributed by atoms with Crippen molar-refractivity contribution in [2.24, 2.45) is 11.7 Å². The molecule has 0 aromatic heterocycles. The van der Waals surface area contributed by atoms with Crippen molar-refractivity contribution in [1.82, 2.24) is 9.80 Å². The van der Waals surface area contributed by atoms with Crippen LogP contribution in [0.2, 0.25) is 0 Å². The highest BCUT2D eigenvalue weighted by molar-refractivity contribution is 5.89. The van der Waals surface area contributed by atoms with Crippen molar-refractivity contribution in [3.8, 4) is 0 Å². The van der Waals surface area contributed by atoms with Crippen molar-refractivity contribution in [1.29, 1.82) is 0 Å². The molecule has 2 atom stereocenters. The summed E-state index contributed by atoms with van der Waals surface area (Å²) in [7, 11) is 0. The van der Waals surface area contributed by atoms with Crippen molar-refractivity contribution < 1.29 is 9.53 Å². The highest BCUT2D eigenvalue weighted by atomic mass is 16.5. The molecule has 18 heavy (non-hydrogen) atoms. The molecule has 2 saturated heterocycles. The third-order valence-electron chi connectivity index (χ3n) is 4.59. The highest BCUT2D eigenvalue weighted by Gasteiger charge is 2.50. The van der Waals surface area contributed by atoms with Crippen LogP contribution in [0.15, 0.2) is 0 Å². The molecule has 2 N–H and O–H groups in total. The summed E-state index contributed by atoms with van der Waals surface area (Å²) < 4.78 is 5.39. The number of carbonyl (C=O) groups excluding carboxylic acids is 1. The maximum Gasteiger partial charge on any atom is 0.242 e. The Labute approximate surface area is 108 Å². The Bertz CT molecular complexity index is 337. The first-order valence-electron chi connectivity index (χ1n) is 7.00. The molecular formula is C13H23N3O2. The van der Waals surface area contributed by atoms with E-state index in [4.69, 9.17) is 10.5 Å². The first-order chi connectivity index (χ1) is 8.60. The highest BCUT2D eigenvalue weighted by Crippen LogP contribution is 2.36. The minimum atomic E-state index is -0.514. The first kappa shape index (κ1) is 12.4. The van der Waals surface area contributed by atoms with Crippen LogP contribution in [-0.4, -0.2) is 66.7 Å². The fourth-order valence-electron chi connectivity index (χ4n) is 3.16. The summed E-state index contributed by atoms with van der Waals surface area (Å²) >= 11 is 0. The van der Waals surface area contributed by atoms with Gasteiger partial charge < -0.3 is 15.4 Å². The molecule has 0 bridgehead atoms. The maximum absolute atomic E-state index is 12.3. The second-order valence-corrected chi connectivity index (χ2v) is 6.06. The number of hydrogen-bond acceptors (Lipinski definition) is 4. The molecule has 1 saturated carbocycles. The van der Waals surface area contributed by atoms with Gasteiger partial charge in [0.25, 0.3) is 0 Å². The van der Waals surface area contributed by atoms with Gasteiger partial charge in [0.05, 0.1) is 18.8 Å². The van der Waals surface area contributed by atoms with E-state index in [-0.39, 0.29) is 5.91 Å². The molecular weight excluding hydrogens is 230 g/mol. The lowest BCUT2D eigenvalue weighted by Crippen LogP contribution is -2.48. The SMILES string of the molecule is CC1CN(C(=O)C2(N)CC2)CC1N1CCOCC1. The molecule has 0 aromatic rings. The van der Waals surface area contributed by atoms with E-state index in [0.717, 1.165) is 52.2 Å². The Morgan fingerprint density at radius 2 is 1.94 bits per heavy atom. The van der Waals surface area contributed by atoms with Crippen LogP contribution in [0.4, 0.5) is 0 Å². The van der Waals surface area contributed by atoms with Crippen LogP contribution in [0.1, 0.15) is 19.8 Å². The van der Waals surface area contributed by atoms with Gasteiger partial charge in [-0.15, -0.1) is 0 Å². The third-order valence-corrected chi connectivity index (χ3v) is 4.59. The molecule has 3 fully saturated rings. The molecule has 1 amide bonds. The van der Waals surface area contributed by atoms with Crippen molar-refractivity contribution in [2.45, 2.75) is 31.3 Å². The summed E-state index contributed by atoms with van der Waals surface area (Å²) in [5, 5.41) is 0. The molecule has 5 heteroatoms. The van der Waals surface area contributed by atoms with Gasteiger partial charge in [0.1, 0.15) is 0 Å². The van der Waals surface area contributed by atoms with Crippen molar-refractivity contribution in [2.75, 3.05) is 39.4 Å². The number of nitrogens with zero attached hydrogens (tertiary/aromatic N) is 2. The Hall–Kier alpha value is -0.650. The van der Waals surface area contributed by atoms with Crippen LogP contribution < -0.4 is 5.73 Å². The molecule has 0 radical (unpaired) electrons. The normalized spacial score (nSPS) is 35.8. The smallest absolute Gasteiger partial charge is 0.242 e. The summed E-state index contributed by atoms with van der Waals surface area (Å²) in [6.45, 7) is 7.56. The van der Waals surface area contributed by atoms with Gasteiger partial charge in [-0.3, -0.25) is 9.69 Å². The molecule has 5 nitrogen and oxygen atoms in total. The predicted molar refractivity (Wildman–Crippen MR) is 68.1 cm³/mol. The summed E-state index contributed by atoms with van der Waals surface area (Å²) in [6, 6.07) is 0.486.